The molecule has 0 atom stereocenters. The van der Waals surface area contributed by atoms with Crippen LogP contribution in [-0.4, -0.2) is 44.1 Å². The summed E-state index contributed by atoms with van der Waals surface area (Å²) >= 11 is 10.8. The van der Waals surface area contributed by atoms with Gasteiger partial charge in [-0.05, 0) is 68.3 Å². The lowest BCUT2D eigenvalue weighted by Gasteiger charge is -2.14. The Balaban J connectivity index is 1.59. The summed E-state index contributed by atoms with van der Waals surface area (Å²) in [5.74, 6) is -0.334. The highest BCUT2D eigenvalue weighted by Crippen LogP contribution is 2.35. The second-order valence-electron chi connectivity index (χ2n) is 8.76. The number of phenolic OH excluding ortho intramolecular Hbond substituents is 1. The number of carbonyl (C=O) groups excluding carboxylic acids is 2. The van der Waals surface area contributed by atoms with E-state index in [1.165, 1.54) is 17.8 Å². The monoisotopic (exact) mass is 628 g/mol. The zero-order valence-corrected chi connectivity index (χ0v) is 24.7. The Bertz CT molecular complexity index is 1540. The third-order valence-electron chi connectivity index (χ3n) is 5.67. The van der Waals surface area contributed by atoms with E-state index in [1.807, 2.05) is 43.5 Å². The fourth-order valence-electron chi connectivity index (χ4n) is 3.86. The number of nitrogens with zero attached hydrogens (tertiary/aromatic N) is 3. The van der Waals surface area contributed by atoms with Gasteiger partial charge in [0.15, 0.2) is 11.0 Å². The number of hydrogen-bond donors (Lipinski definition) is 2. The maximum Gasteiger partial charge on any atom is 0.339 e. The van der Waals surface area contributed by atoms with Crippen molar-refractivity contribution in [1.82, 2.24) is 14.8 Å². The van der Waals surface area contributed by atoms with Gasteiger partial charge in [-0.15, -0.1) is 10.2 Å². The molecule has 1 heterocycles. The highest BCUT2D eigenvalue weighted by atomic mass is 79.9. The number of aromatic nitrogens is 3. The number of phenols is 1. The lowest BCUT2D eigenvalue weighted by molar-refractivity contribution is -0.113. The molecule has 0 bridgehead atoms. The molecule has 0 aliphatic carbocycles. The van der Waals surface area contributed by atoms with Crippen molar-refractivity contribution in [3.63, 3.8) is 0 Å². The number of benzene rings is 3. The first-order chi connectivity index (χ1) is 18.7. The molecule has 0 saturated carbocycles. The van der Waals surface area contributed by atoms with Crippen LogP contribution in [0.3, 0.4) is 0 Å². The predicted molar refractivity (Wildman–Crippen MR) is 157 cm³/mol. The van der Waals surface area contributed by atoms with Gasteiger partial charge < -0.3 is 15.2 Å². The summed E-state index contributed by atoms with van der Waals surface area (Å²) in [4.78, 5) is 25.2. The van der Waals surface area contributed by atoms with Crippen molar-refractivity contribution in [2.75, 3.05) is 17.7 Å². The smallest absolute Gasteiger partial charge is 0.339 e. The van der Waals surface area contributed by atoms with Crippen molar-refractivity contribution in [2.24, 2.45) is 0 Å². The first kappa shape index (κ1) is 28.7. The summed E-state index contributed by atoms with van der Waals surface area (Å²) in [6.45, 7) is 6.17. The van der Waals surface area contributed by atoms with Crippen LogP contribution in [0.15, 0.2) is 64.2 Å². The van der Waals surface area contributed by atoms with Crippen molar-refractivity contribution in [3.8, 4) is 22.8 Å². The summed E-state index contributed by atoms with van der Waals surface area (Å²) < 4.78 is 7.78. The zero-order chi connectivity index (χ0) is 28.1. The van der Waals surface area contributed by atoms with E-state index in [-0.39, 0.29) is 34.6 Å². The first-order valence-corrected chi connectivity index (χ1v) is 14.2. The molecule has 11 heteroatoms. The minimum atomic E-state index is -0.544. The van der Waals surface area contributed by atoms with Crippen LogP contribution in [0.25, 0.3) is 17.1 Å². The Kier molecular flexibility index (Phi) is 9.32. The average Bonchev–Trinajstić information content (AvgIpc) is 3.32. The standard InChI is InChI=1S/C28H26BrClN4O4S/c1-4-11-38-27(37)20-14-19(7-8-22(20)30)31-25(36)15-39-28-33-32-26(21-13-18(29)6-10-24(21)35)34(28)23-9-5-16(2)12-17(23)3/h5-10,12-14,35H,4,11,15H2,1-3H3,(H,31,36). The molecule has 2 N–H and O–H groups in total. The molecule has 0 unspecified atom stereocenters. The van der Waals surface area contributed by atoms with Crippen molar-refractivity contribution in [3.05, 3.63) is 80.8 Å². The Labute approximate surface area is 243 Å². The third-order valence-corrected chi connectivity index (χ3v) is 7.42. The number of amides is 1. The fraction of sp³-hybridized carbons (Fsp3) is 0.214. The van der Waals surface area contributed by atoms with E-state index >= 15 is 0 Å². The van der Waals surface area contributed by atoms with Crippen LogP contribution < -0.4 is 5.32 Å². The summed E-state index contributed by atoms with van der Waals surface area (Å²) in [6, 6.07) is 15.7. The minimum Gasteiger partial charge on any atom is -0.507 e. The van der Waals surface area contributed by atoms with Gasteiger partial charge in [-0.1, -0.05) is 63.9 Å². The Morgan fingerprint density at radius 1 is 1.10 bits per heavy atom. The second-order valence-corrected chi connectivity index (χ2v) is 11.0. The molecule has 4 rings (SSSR count). The number of hydrogen-bond acceptors (Lipinski definition) is 7. The molecule has 1 amide bonds. The van der Waals surface area contributed by atoms with Gasteiger partial charge in [-0.3, -0.25) is 9.36 Å². The molecule has 0 aliphatic rings. The van der Waals surface area contributed by atoms with Gasteiger partial charge in [0.1, 0.15) is 5.75 Å². The number of anilines is 1. The van der Waals surface area contributed by atoms with Gasteiger partial charge in [-0.25, -0.2) is 4.79 Å². The third kappa shape index (κ3) is 6.81. The zero-order valence-electron chi connectivity index (χ0n) is 21.5. The van der Waals surface area contributed by atoms with Crippen molar-refractivity contribution in [1.29, 1.82) is 0 Å². The fourth-order valence-corrected chi connectivity index (χ4v) is 5.16. The molecular weight excluding hydrogens is 604 g/mol. The van der Waals surface area contributed by atoms with Gasteiger partial charge in [0.2, 0.25) is 5.91 Å². The van der Waals surface area contributed by atoms with Crippen LogP contribution in [0.5, 0.6) is 5.75 Å². The van der Waals surface area contributed by atoms with E-state index in [0.29, 0.717) is 28.7 Å². The number of aromatic hydroxyl groups is 1. The largest absolute Gasteiger partial charge is 0.507 e. The maximum absolute atomic E-state index is 12.9. The quantitative estimate of drug-likeness (QED) is 0.152. The first-order valence-electron chi connectivity index (χ1n) is 12.1. The van der Waals surface area contributed by atoms with Crippen LogP contribution in [0.1, 0.15) is 34.8 Å². The molecule has 0 radical (unpaired) electrons. The number of carbonyl (C=O) groups is 2. The van der Waals surface area contributed by atoms with E-state index in [0.717, 1.165) is 21.3 Å². The van der Waals surface area contributed by atoms with Crippen molar-refractivity contribution >= 4 is 56.9 Å². The van der Waals surface area contributed by atoms with E-state index in [2.05, 4.69) is 31.4 Å². The Hall–Kier alpha value is -3.34. The van der Waals surface area contributed by atoms with Crippen molar-refractivity contribution in [2.45, 2.75) is 32.3 Å². The van der Waals surface area contributed by atoms with E-state index in [1.54, 1.807) is 30.3 Å². The molecule has 39 heavy (non-hydrogen) atoms. The van der Waals surface area contributed by atoms with Crippen LogP contribution in [0.4, 0.5) is 5.69 Å². The van der Waals surface area contributed by atoms with Gasteiger partial charge in [0.25, 0.3) is 0 Å². The number of rotatable bonds is 9. The van der Waals surface area contributed by atoms with Crippen LogP contribution in [0, 0.1) is 13.8 Å². The summed E-state index contributed by atoms with van der Waals surface area (Å²) in [5, 5.41) is 22.8. The van der Waals surface area contributed by atoms with Gasteiger partial charge >= 0.3 is 5.97 Å². The molecule has 202 valence electrons. The molecular formula is C28H26BrClN4O4S. The van der Waals surface area contributed by atoms with Gasteiger partial charge in [0.05, 0.1) is 34.2 Å². The number of aryl methyl sites for hydroxylation is 2. The lowest BCUT2D eigenvalue weighted by atomic mass is 10.1. The molecule has 4 aromatic rings. The summed E-state index contributed by atoms with van der Waals surface area (Å²) in [5.41, 5.74) is 4.02. The summed E-state index contributed by atoms with van der Waals surface area (Å²) in [6.07, 6.45) is 0.687. The van der Waals surface area contributed by atoms with Crippen LogP contribution in [0.2, 0.25) is 5.02 Å². The van der Waals surface area contributed by atoms with Crippen molar-refractivity contribution < 1.29 is 19.4 Å². The number of esters is 1. The predicted octanol–water partition coefficient (Wildman–Crippen LogP) is 6.97. The highest BCUT2D eigenvalue weighted by Gasteiger charge is 2.21. The average molecular weight is 630 g/mol. The minimum absolute atomic E-state index is 0.0196. The molecule has 1 aromatic heterocycles. The van der Waals surface area contributed by atoms with Gasteiger partial charge in [0, 0.05) is 10.2 Å². The van der Waals surface area contributed by atoms with Crippen LogP contribution in [-0.2, 0) is 9.53 Å². The molecule has 0 fully saturated rings. The van der Waals surface area contributed by atoms with E-state index < -0.39 is 5.97 Å². The highest BCUT2D eigenvalue weighted by molar-refractivity contribution is 9.10. The number of nitrogens with one attached hydrogen (secondary N) is 1. The van der Waals surface area contributed by atoms with Gasteiger partial charge in [-0.2, -0.15) is 0 Å². The Morgan fingerprint density at radius 2 is 1.90 bits per heavy atom. The topological polar surface area (TPSA) is 106 Å². The lowest BCUT2D eigenvalue weighted by Crippen LogP contribution is -2.15. The molecule has 8 nitrogen and oxygen atoms in total. The van der Waals surface area contributed by atoms with Crippen LogP contribution >= 0.6 is 39.3 Å². The number of thioether (sulfide) groups is 1. The summed E-state index contributed by atoms with van der Waals surface area (Å²) in [7, 11) is 0. The molecule has 0 spiro atoms. The maximum atomic E-state index is 12.9. The second kappa shape index (κ2) is 12.7. The SMILES string of the molecule is CCCOC(=O)c1cc(NC(=O)CSc2nnc(-c3cc(Br)ccc3O)n2-c2ccc(C)cc2C)ccc1Cl. The molecule has 0 saturated heterocycles. The van der Waals surface area contributed by atoms with E-state index in [4.69, 9.17) is 16.3 Å². The number of ether oxygens (including phenoxy) is 1. The number of halogens is 2. The Morgan fingerprint density at radius 3 is 2.64 bits per heavy atom. The normalized spacial score (nSPS) is 10.9. The molecule has 3 aromatic carbocycles. The molecule has 0 aliphatic heterocycles. The van der Waals surface area contributed by atoms with E-state index in [9.17, 15) is 14.7 Å².